The van der Waals surface area contributed by atoms with Crippen molar-refractivity contribution in [2.75, 3.05) is 13.2 Å². The number of ether oxygens (including phenoxy) is 1. The van der Waals surface area contributed by atoms with E-state index < -0.39 is 30.5 Å². The first-order valence-corrected chi connectivity index (χ1v) is 3.36. The number of nitrogens with two attached hydrogens (primary N) is 1. The molecule has 3 nitrogen and oxygen atoms in total. The van der Waals surface area contributed by atoms with Crippen molar-refractivity contribution in [2.45, 2.75) is 6.18 Å². The zero-order valence-electron chi connectivity index (χ0n) is 6.10. The van der Waals surface area contributed by atoms with Gasteiger partial charge in [0.1, 0.15) is 0 Å². The van der Waals surface area contributed by atoms with Crippen molar-refractivity contribution >= 4 is 5.91 Å². The molecule has 1 amide bonds. The third-order valence-corrected chi connectivity index (χ3v) is 1.87. The van der Waals surface area contributed by atoms with E-state index in [4.69, 9.17) is 5.73 Å². The molecule has 0 radical (unpaired) electrons. The van der Waals surface area contributed by atoms with E-state index in [1.807, 2.05) is 0 Å². The smallest absolute Gasteiger partial charge is 0.380 e. The standard InChI is InChI=1S/C6H8F3NO2/c7-6(8,9)4-2-12-1-3(4)5(10)11/h3-4H,1-2H2,(H2,10,11). The Morgan fingerprint density at radius 3 is 2.33 bits per heavy atom. The summed E-state index contributed by atoms with van der Waals surface area (Å²) < 4.78 is 40.8. The molecular formula is C6H8F3NO2. The third-order valence-electron chi connectivity index (χ3n) is 1.87. The molecule has 0 aliphatic carbocycles. The second-order valence-corrected chi connectivity index (χ2v) is 2.69. The molecule has 0 aromatic carbocycles. The van der Waals surface area contributed by atoms with Gasteiger partial charge in [-0.2, -0.15) is 13.2 Å². The van der Waals surface area contributed by atoms with Gasteiger partial charge in [0.05, 0.1) is 25.0 Å². The molecule has 1 heterocycles. The first-order valence-electron chi connectivity index (χ1n) is 3.36. The third kappa shape index (κ3) is 1.69. The number of alkyl halides is 3. The van der Waals surface area contributed by atoms with Crippen LogP contribution in [0.4, 0.5) is 13.2 Å². The summed E-state index contributed by atoms with van der Waals surface area (Å²) in [5.41, 5.74) is 4.77. The molecule has 2 atom stereocenters. The molecule has 12 heavy (non-hydrogen) atoms. The maximum atomic E-state index is 12.1. The van der Waals surface area contributed by atoms with Gasteiger partial charge >= 0.3 is 6.18 Å². The summed E-state index contributed by atoms with van der Waals surface area (Å²) in [6.45, 7) is -0.684. The van der Waals surface area contributed by atoms with Gasteiger partial charge in [0.15, 0.2) is 0 Å². The van der Waals surface area contributed by atoms with E-state index in [0.29, 0.717) is 0 Å². The molecular weight excluding hydrogens is 175 g/mol. The summed E-state index contributed by atoms with van der Waals surface area (Å²) in [6.07, 6.45) is -4.39. The van der Waals surface area contributed by atoms with E-state index in [9.17, 15) is 18.0 Å². The second kappa shape index (κ2) is 2.93. The van der Waals surface area contributed by atoms with E-state index in [-0.39, 0.29) is 6.61 Å². The Hall–Kier alpha value is -0.780. The fourth-order valence-electron chi connectivity index (χ4n) is 1.16. The minimum atomic E-state index is -4.39. The molecule has 0 aromatic rings. The van der Waals surface area contributed by atoms with E-state index in [2.05, 4.69) is 4.74 Å². The van der Waals surface area contributed by atoms with Crippen molar-refractivity contribution in [3.05, 3.63) is 0 Å². The fraction of sp³-hybridized carbons (Fsp3) is 0.833. The van der Waals surface area contributed by atoms with Crippen LogP contribution in [0.2, 0.25) is 0 Å². The van der Waals surface area contributed by atoms with Gasteiger partial charge in [0, 0.05) is 0 Å². The van der Waals surface area contributed by atoms with Crippen LogP contribution in [0.3, 0.4) is 0 Å². The minimum absolute atomic E-state index is 0.223. The Balaban J connectivity index is 2.71. The molecule has 70 valence electrons. The molecule has 6 heteroatoms. The lowest BCUT2D eigenvalue weighted by molar-refractivity contribution is -0.184. The van der Waals surface area contributed by atoms with Gasteiger partial charge in [-0.05, 0) is 0 Å². The monoisotopic (exact) mass is 183 g/mol. The molecule has 2 N–H and O–H groups in total. The molecule has 1 aliphatic heterocycles. The lowest BCUT2D eigenvalue weighted by Gasteiger charge is -2.17. The number of hydrogen-bond donors (Lipinski definition) is 1. The van der Waals surface area contributed by atoms with Crippen molar-refractivity contribution in [1.29, 1.82) is 0 Å². The Morgan fingerprint density at radius 1 is 1.42 bits per heavy atom. The maximum absolute atomic E-state index is 12.1. The Kier molecular flexibility index (Phi) is 2.27. The number of primary amides is 1. The molecule has 0 bridgehead atoms. The highest BCUT2D eigenvalue weighted by atomic mass is 19.4. The van der Waals surface area contributed by atoms with Crippen LogP contribution in [-0.4, -0.2) is 25.3 Å². The van der Waals surface area contributed by atoms with Crippen molar-refractivity contribution in [3.8, 4) is 0 Å². The molecule has 1 fully saturated rings. The molecule has 0 aromatic heterocycles. The van der Waals surface area contributed by atoms with Crippen LogP contribution in [0.1, 0.15) is 0 Å². The Morgan fingerprint density at radius 2 is 2.00 bits per heavy atom. The fourth-order valence-corrected chi connectivity index (χ4v) is 1.16. The minimum Gasteiger partial charge on any atom is -0.380 e. The number of rotatable bonds is 1. The largest absolute Gasteiger partial charge is 0.394 e. The van der Waals surface area contributed by atoms with E-state index in [0.717, 1.165) is 0 Å². The SMILES string of the molecule is NC(=O)C1COCC1C(F)(F)F. The van der Waals surface area contributed by atoms with Gasteiger partial charge in [0.2, 0.25) is 5.91 Å². The lowest BCUT2D eigenvalue weighted by Crippen LogP contribution is -2.37. The van der Waals surface area contributed by atoms with Gasteiger partial charge < -0.3 is 10.5 Å². The molecule has 0 saturated carbocycles. The van der Waals surface area contributed by atoms with Crippen molar-refractivity contribution in [3.63, 3.8) is 0 Å². The summed E-state index contributed by atoms with van der Waals surface area (Å²) in [6, 6.07) is 0. The highest BCUT2D eigenvalue weighted by Crippen LogP contribution is 2.35. The van der Waals surface area contributed by atoms with E-state index in [1.54, 1.807) is 0 Å². The van der Waals surface area contributed by atoms with Gasteiger partial charge in [-0.25, -0.2) is 0 Å². The summed E-state index contributed by atoms with van der Waals surface area (Å²) >= 11 is 0. The average molecular weight is 183 g/mol. The topological polar surface area (TPSA) is 52.3 Å². The number of carbonyl (C=O) groups excluding carboxylic acids is 1. The van der Waals surface area contributed by atoms with Crippen LogP contribution < -0.4 is 5.73 Å². The summed E-state index contributed by atoms with van der Waals surface area (Å²) in [5.74, 6) is -3.89. The number of hydrogen-bond acceptors (Lipinski definition) is 2. The zero-order chi connectivity index (χ0) is 9.35. The molecule has 1 rings (SSSR count). The summed E-state index contributed by atoms with van der Waals surface area (Å²) in [5, 5.41) is 0. The normalized spacial score (nSPS) is 30.6. The predicted molar refractivity (Wildman–Crippen MR) is 33.0 cm³/mol. The quantitative estimate of drug-likeness (QED) is 0.635. The van der Waals surface area contributed by atoms with Crippen LogP contribution >= 0.6 is 0 Å². The average Bonchev–Trinajstić information content (AvgIpc) is 2.30. The molecule has 1 saturated heterocycles. The van der Waals surface area contributed by atoms with Gasteiger partial charge in [-0.3, -0.25) is 4.79 Å². The van der Waals surface area contributed by atoms with Crippen LogP contribution in [-0.2, 0) is 9.53 Å². The van der Waals surface area contributed by atoms with Crippen LogP contribution in [0.5, 0.6) is 0 Å². The van der Waals surface area contributed by atoms with Crippen LogP contribution in [0.25, 0.3) is 0 Å². The van der Waals surface area contributed by atoms with Crippen LogP contribution in [0.15, 0.2) is 0 Å². The highest BCUT2D eigenvalue weighted by molar-refractivity contribution is 5.77. The lowest BCUT2D eigenvalue weighted by atomic mass is 9.95. The Labute approximate surface area is 66.7 Å². The molecule has 1 aliphatic rings. The van der Waals surface area contributed by atoms with Gasteiger partial charge in [0.25, 0.3) is 0 Å². The maximum Gasteiger partial charge on any atom is 0.394 e. The van der Waals surface area contributed by atoms with E-state index in [1.165, 1.54) is 0 Å². The number of halogens is 3. The molecule has 2 unspecified atom stereocenters. The highest BCUT2D eigenvalue weighted by Gasteiger charge is 2.50. The van der Waals surface area contributed by atoms with Crippen molar-refractivity contribution in [2.24, 2.45) is 17.6 Å². The zero-order valence-corrected chi connectivity index (χ0v) is 6.10. The second-order valence-electron chi connectivity index (χ2n) is 2.69. The van der Waals surface area contributed by atoms with Gasteiger partial charge in [-0.1, -0.05) is 0 Å². The predicted octanol–water partition coefficient (Wildman–Crippen LogP) is 0.297. The van der Waals surface area contributed by atoms with E-state index >= 15 is 0 Å². The van der Waals surface area contributed by atoms with Gasteiger partial charge in [-0.15, -0.1) is 0 Å². The Bertz CT molecular complexity index is 192. The first kappa shape index (κ1) is 9.31. The molecule has 0 spiro atoms. The number of carbonyl (C=O) groups is 1. The van der Waals surface area contributed by atoms with Crippen molar-refractivity contribution < 1.29 is 22.7 Å². The first-order chi connectivity index (χ1) is 5.43. The summed E-state index contributed by atoms with van der Waals surface area (Å²) in [4.78, 5) is 10.5. The van der Waals surface area contributed by atoms with Crippen molar-refractivity contribution in [1.82, 2.24) is 0 Å². The number of amides is 1. The van der Waals surface area contributed by atoms with Crippen LogP contribution in [0, 0.1) is 11.8 Å². The summed E-state index contributed by atoms with van der Waals surface area (Å²) in [7, 11) is 0.